The Labute approximate surface area is 148 Å². The number of carbonyl (C=O) groups is 1. The van der Waals surface area contributed by atoms with Gasteiger partial charge in [-0.1, -0.05) is 23.7 Å². The van der Waals surface area contributed by atoms with Gasteiger partial charge >= 0.3 is 0 Å². The molecule has 0 saturated heterocycles. The molecule has 24 heavy (non-hydrogen) atoms. The molecule has 0 saturated carbocycles. The summed E-state index contributed by atoms with van der Waals surface area (Å²) in [6.45, 7) is 8.36. The molecule has 0 atom stereocenters. The molecule has 0 aliphatic rings. The summed E-state index contributed by atoms with van der Waals surface area (Å²) in [7, 11) is 0. The van der Waals surface area contributed by atoms with Crippen molar-refractivity contribution in [2.75, 3.05) is 35.2 Å². The maximum atomic E-state index is 12.2. The molecule has 2 aromatic carbocycles. The zero-order valence-electron chi connectivity index (χ0n) is 14.4. The minimum absolute atomic E-state index is 0.103. The van der Waals surface area contributed by atoms with Crippen molar-refractivity contribution in [3.05, 3.63) is 53.1 Å². The number of hydrogen-bond donors (Lipinski definition) is 2. The van der Waals surface area contributed by atoms with E-state index in [4.69, 9.17) is 11.6 Å². The molecule has 0 aliphatic carbocycles. The second-order valence-corrected chi connectivity index (χ2v) is 5.96. The number of hydrogen-bond acceptors (Lipinski definition) is 3. The first-order valence-electron chi connectivity index (χ1n) is 8.19. The van der Waals surface area contributed by atoms with Crippen molar-refractivity contribution >= 4 is 34.6 Å². The molecule has 1 amide bonds. The monoisotopic (exact) mass is 345 g/mol. The first-order valence-corrected chi connectivity index (χ1v) is 8.56. The van der Waals surface area contributed by atoms with Crippen LogP contribution in [0, 0.1) is 6.92 Å². The van der Waals surface area contributed by atoms with E-state index in [0.717, 1.165) is 30.0 Å². The molecular weight excluding hydrogens is 322 g/mol. The fourth-order valence-electron chi connectivity index (χ4n) is 2.55. The molecule has 0 heterocycles. The highest BCUT2D eigenvalue weighted by Crippen LogP contribution is 2.23. The van der Waals surface area contributed by atoms with E-state index in [2.05, 4.69) is 35.4 Å². The van der Waals surface area contributed by atoms with Crippen LogP contribution in [0.1, 0.15) is 19.4 Å². The minimum Gasteiger partial charge on any atom is -0.375 e. The SMILES string of the molecule is CCN(CC)c1ccc(NC(=O)CNc2ccccc2Cl)c(C)c1. The molecule has 0 radical (unpaired) electrons. The van der Waals surface area contributed by atoms with Crippen LogP contribution in [0.4, 0.5) is 17.1 Å². The molecule has 5 heteroatoms. The normalized spacial score (nSPS) is 10.3. The number of carbonyl (C=O) groups excluding carboxylic acids is 1. The standard InChI is InChI=1S/C19H24ClN3O/c1-4-23(5-2)15-10-11-17(14(3)12-15)22-19(24)13-21-18-9-7-6-8-16(18)20/h6-12,21H,4-5,13H2,1-3H3,(H,22,24). The van der Waals surface area contributed by atoms with Crippen LogP contribution < -0.4 is 15.5 Å². The summed E-state index contributed by atoms with van der Waals surface area (Å²) in [5, 5.41) is 6.59. The molecule has 2 rings (SSSR count). The van der Waals surface area contributed by atoms with Gasteiger partial charge in [-0.3, -0.25) is 4.79 Å². The maximum absolute atomic E-state index is 12.2. The Morgan fingerprint density at radius 1 is 1.08 bits per heavy atom. The lowest BCUT2D eigenvalue weighted by Gasteiger charge is -2.22. The minimum atomic E-state index is -0.103. The Balaban J connectivity index is 1.98. The smallest absolute Gasteiger partial charge is 0.243 e. The average molecular weight is 346 g/mol. The Morgan fingerprint density at radius 3 is 2.42 bits per heavy atom. The van der Waals surface area contributed by atoms with Crippen LogP contribution in [-0.4, -0.2) is 25.5 Å². The molecule has 0 aromatic heterocycles. The van der Waals surface area contributed by atoms with Gasteiger partial charge in [0.1, 0.15) is 0 Å². The number of halogens is 1. The molecule has 0 unspecified atom stereocenters. The van der Waals surface area contributed by atoms with E-state index in [1.807, 2.05) is 37.3 Å². The topological polar surface area (TPSA) is 44.4 Å². The van der Waals surface area contributed by atoms with Gasteiger partial charge in [-0.05, 0) is 56.7 Å². The van der Waals surface area contributed by atoms with E-state index < -0.39 is 0 Å². The molecule has 128 valence electrons. The highest BCUT2D eigenvalue weighted by Gasteiger charge is 2.08. The summed E-state index contributed by atoms with van der Waals surface area (Å²) in [5.41, 5.74) is 3.80. The Kier molecular flexibility index (Phi) is 6.50. The van der Waals surface area contributed by atoms with Crippen molar-refractivity contribution in [1.29, 1.82) is 0 Å². The predicted octanol–water partition coefficient (Wildman–Crippen LogP) is 4.55. The number of nitrogens with zero attached hydrogens (tertiary/aromatic N) is 1. The third-order valence-corrected chi connectivity index (χ3v) is 4.26. The number of nitrogens with one attached hydrogen (secondary N) is 2. The lowest BCUT2D eigenvalue weighted by molar-refractivity contribution is -0.114. The fraction of sp³-hybridized carbons (Fsp3) is 0.316. The van der Waals surface area contributed by atoms with E-state index in [1.165, 1.54) is 5.69 Å². The number of benzene rings is 2. The van der Waals surface area contributed by atoms with Crippen molar-refractivity contribution in [3.63, 3.8) is 0 Å². The largest absolute Gasteiger partial charge is 0.375 e. The van der Waals surface area contributed by atoms with Crippen molar-refractivity contribution in [2.45, 2.75) is 20.8 Å². The molecule has 4 nitrogen and oxygen atoms in total. The zero-order chi connectivity index (χ0) is 17.5. The molecule has 2 N–H and O–H groups in total. The number of aryl methyl sites for hydroxylation is 1. The van der Waals surface area contributed by atoms with Crippen LogP contribution in [-0.2, 0) is 4.79 Å². The Morgan fingerprint density at radius 2 is 1.79 bits per heavy atom. The van der Waals surface area contributed by atoms with Gasteiger partial charge < -0.3 is 15.5 Å². The second-order valence-electron chi connectivity index (χ2n) is 5.55. The third kappa shape index (κ3) is 4.65. The summed E-state index contributed by atoms with van der Waals surface area (Å²) in [6, 6.07) is 13.5. The van der Waals surface area contributed by atoms with E-state index in [1.54, 1.807) is 6.07 Å². The summed E-state index contributed by atoms with van der Waals surface area (Å²) >= 11 is 6.07. The average Bonchev–Trinajstić information content (AvgIpc) is 2.57. The Hall–Kier alpha value is -2.20. The number of amides is 1. The van der Waals surface area contributed by atoms with Gasteiger partial charge in [0.25, 0.3) is 0 Å². The molecule has 0 aliphatic heterocycles. The van der Waals surface area contributed by atoms with E-state index in [9.17, 15) is 4.79 Å². The van der Waals surface area contributed by atoms with Gasteiger partial charge in [-0.15, -0.1) is 0 Å². The van der Waals surface area contributed by atoms with Crippen molar-refractivity contribution in [3.8, 4) is 0 Å². The highest BCUT2D eigenvalue weighted by molar-refractivity contribution is 6.33. The third-order valence-electron chi connectivity index (χ3n) is 3.93. The van der Waals surface area contributed by atoms with E-state index in [-0.39, 0.29) is 12.5 Å². The second kappa shape index (κ2) is 8.60. The van der Waals surface area contributed by atoms with Gasteiger partial charge in [0, 0.05) is 24.5 Å². The lowest BCUT2D eigenvalue weighted by Crippen LogP contribution is -2.23. The number of para-hydroxylation sites is 1. The number of anilines is 3. The van der Waals surface area contributed by atoms with Gasteiger partial charge in [-0.25, -0.2) is 0 Å². The summed E-state index contributed by atoms with van der Waals surface area (Å²) in [6.07, 6.45) is 0. The Bertz CT molecular complexity index is 699. The van der Waals surface area contributed by atoms with E-state index >= 15 is 0 Å². The quantitative estimate of drug-likeness (QED) is 0.774. The lowest BCUT2D eigenvalue weighted by atomic mass is 10.1. The molecule has 0 bridgehead atoms. The van der Waals surface area contributed by atoms with Crippen LogP contribution in [0.25, 0.3) is 0 Å². The van der Waals surface area contributed by atoms with Crippen LogP contribution >= 0.6 is 11.6 Å². The molecule has 0 spiro atoms. The summed E-state index contributed by atoms with van der Waals surface area (Å²) in [5.74, 6) is -0.103. The van der Waals surface area contributed by atoms with Crippen LogP contribution in [0.5, 0.6) is 0 Å². The van der Waals surface area contributed by atoms with Gasteiger partial charge in [0.15, 0.2) is 0 Å². The van der Waals surface area contributed by atoms with Crippen molar-refractivity contribution in [2.24, 2.45) is 0 Å². The van der Waals surface area contributed by atoms with E-state index in [0.29, 0.717) is 5.02 Å². The van der Waals surface area contributed by atoms with Crippen molar-refractivity contribution in [1.82, 2.24) is 0 Å². The van der Waals surface area contributed by atoms with Crippen molar-refractivity contribution < 1.29 is 4.79 Å². The predicted molar refractivity (Wildman–Crippen MR) is 103 cm³/mol. The van der Waals surface area contributed by atoms with Crippen LogP contribution in [0.3, 0.4) is 0 Å². The summed E-state index contributed by atoms with van der Waals surface area (Å²) in [4.78, 5) is 14.4. The van der Waals surface area contributed by atoms with Gasteiger partial charge in [0.05, 0.1) is 17.3 Å². The van der Waals surface area contributed by atoms with Crippen LogP contribution in [0.2, 0.25) is 5.02 Å². The van der Waals surface area contributed by atoms with Gasteiger partial charge in [0.2, 0.25) is 5.91 Å². The molecule has 0 fully saturated rings. The highest BCUT2D eigenvalue weighted by atomic mass is 35.5. The zero-order valence-corrected chi connectivity index (χ0v) is 15.2. The number of rotatable bonds is 7. The van der Waals surface area contributed by atoms with Gasteiger partial charge in [-0.2, -0.15) is 0 Å². The molecular formula is C19H24ClN3O. The van der Waals surface area contributed by atoms with Crippen LogP contribution in [0.15, 0.2) is 42.5 Å². The molecule has 2 aromatic rings. The fourth-order valence-corrected chi connectivity index (χ4v) is 2.75. The summed E-state index contributed by atoms with van der Waals surface area (Å²) < 4.78 is 0. The first kappa shape index (κ1) is 18.1. The maximum Gasteiger partial charge on any atom is 0.243 e. The first-order chi connectivity index (χ1) is 11.5.